The first kappa shape index (κ1) is 111. The summed E-state index contributed by atoms with van der Waals surface area (Å²) in [4.78, 5) is 125. The van der Waals surface area contributed by atoms with Crippen molar-refractivity contribution < 1.29 is 139 Å². The summed E-state index contributed by atoms with van der Waals surface area (Å²) in [5, 5.41) is 63.6. The van der Waals surface area contributed by atoms with E-state index in [1.165, 1.54) is 76.8 Å². The lowest BCUT2D eigenvalue weighted by Crippen LogP contribution is -2.32. The van der Waals surface area contributed by atoms with E-state index in [1.807, 2.05) is 120 Å². The predicted molar refractivity (Wildman–Crippen MR) is 532 cm³/mol. The largest absolute Gasteiger partial charge is 0.508 e. The molecule has 0 saturated heterocycles. The molecule has 0 saturated carbocycles. The number of esters is 10. The number of hydrogen-bond acceptors (Lipinski definition) is 32. The van der Waals surface area contributed by atoms with Gasteiger partial charge in [-0.2, -0.15) is 0 Å². The second kappa shape index (κ2) is 48.0. The molecule has 12 rings (SSSR count). The van der Waals surface area contributed by atoms with Crippen molar-refractivity contribution in [2.75, 3.05) is 71.1 Å². The molecule has 5 heterocycles. The van der Waals surface area contributed by atoms with Gasteiger partial charge in [-0.1, -0.05) is 30.3 Å². The van der Waals surface area contributed by atoms with Gasteiger partial charge in [-0.25, -0.2) is 56.7 Å². The summed E-state index contributed by atoms with van der Waals surface area (Å²) in [6.45, 7) is 26.6. The zero-order chi connectivity index (χ0) is 104. The molecule has 0 aromatic heterocycles. The number of rotatable bonds is 19. The van der Waals surface area contributed by atoms with E-state index in [-0.39, 0.29) is 45.5 Å². The number of benzene rings is 7. The van der Waals surface area contributed by atoms with Crippen molar-refractivity contribution in [2.24, 2.45) is 0 Å². The normalized spacial score (nSPS) is 14.7. The lowest BCUT2D eigenvalue weighted by molar-refractivity contribution is -0.139. The molecular weight excluding hydrogens is 2150 g/mol. The average molecular weight is 2250 g/mol. The van der Waals surface area contributed by atoms with Gasteiger partial charge < -0.3 is 109 Å². The van der Waals surface area contributed by atoms with E-state index in [2.05, 4.69) is 26.6 Å². The number of phenols is 5. The standard InChI is InChI=1S/C26H29NO6.C25H27NO6.C17H17F2NO5.C17H17I2NO5.C17H18INO5/c1-13-12-19(8-9-20(13)28)33-24-14(2)10-18(11-15(24)3)23-21(25(29)31-6)16(4)27-17(5)22(23)26(30)32-7;1-13-11-17(12-14(2)23(13)32-19-9-7-18(27)8-10-19)22-20(24(28)30-5)15(3)26-16(4)21(22)25(29)31-6;1-7-12(16(22)24-3)15(13(8(2)20-7)17(23)25-4)14-10(18)5-9(21)6-11(14)19;1-7-12(16(22)24-3)14(13(8(2)20-7)17(23)25-4)9-5-10(18)15(21)11(19)6-9;1-8-13(16(21)23-3)15(10-5-6-12(20)11(18)7-10)14(9(2)19-8)17(22)24-4/h8-12,23,27-28H,1-7H3;7-12,22,26-27H,1-6H3;5-6,15,20-21H,1-4H3;5-6,14,20-21H,1-4H3;5-7,15,19-20H,1-4H3. The van der Waals surface area contributed by atoms with Crippen LogP contribution in [0.5, 0.6) is 51.7 Å². The third-order valence-corrected chi connectivity index (χ3v) is 25.5. The number of aryl methyl sites for hydroxylation is 5. The maximum Gasteiger partial charge on any atom is 0.336 e. The van der Waals surface area contributed by atoms with Crippen LogP contribution < -0.4 is 36.1 Å². The number of nitrogens with one attached hydrogen (secondary N) is 5. The van der Waals surface area contributed by atoms with E-state index in [4.69, 9.17) is 56.8 Å². The summed E-state index contributed by atoms with van der Waals surface area (Å²) >= 11 is 6.02. The van der Waals surface area contributed by atoms with Gasteiger partial charge >= 0.3 is 59.7 Å². The van der Waals surface area contributed by atoms with Crippen LogP contribution in [0.1, 0.15) is 154 Å². The maximum absolute atomic E-state index is 14.5. The maximum atomic E-state index is 14.5. The van der Waals surface area contributed by atoms with E-state index >= 15 is 0 Å². The van der Waals surface area contributed by atoms with Crippen LogP contribution in [0.4, 0.5) is 8.78 Å². The van der Waals surface area contributed by atoms with Gasteiger partial charge in [0.2, 0.25) is 0 Å². The van der Waals surface area contributed by atoms with Gasteiger partial charge in [0.15, 0.2) is 0 Å². The summed E-state index contributed by atoms with van der Waals surface area (Å²) < 4.78 is 92.1. The number of phenolic OH excluding ortho intramolecular Hbond substituents is 5. The zero-order valence-electron chi connectivity index (χ0n) is 80.9. The Hall–Kier alpha value is -13.7. The summed E-state index contributed by atoms with van der Waals surface area (Å²) in [5.41, 5.74) is 14.4. The van der Waals surface area contributed by atoms with Crippen LogP contribution in [-0.2, 0) is 95.3 Å². The first-order valence-electron chi connectivity index (χ1n) is 42.3. The number of carbonyl (C=O) groups excluding carboxylic acids is 10. The van der Waals surface area contributed by atoms with Gasteiger partial charge in [0.1, 0.15) is 63.4 Å². The molecule has 0 aliphatic carbocycles. The highest BCUT2D eigenvalue weighted by Crippen LogP contribution is 2.49. The van der Waals surface area contributed by atoms with Crippen molar-refractivity contribution in [3.8, 4) is 51.7 Å². The molecule has 37 heteroatoms. The monoisotopic (exact) mass is 2250 g/mol. The molecule has 0 fully saturated rings. The predicted octanol–water partition coefficient (Wildman–Crippen LogP) is 17.1. The third-order valence-electron chi connectivity index (χ3n) is 23.0. The Morgan fingerprint density at radius 2 is 0.489 bits per heavy atom. The molecule has 0 unspecified atom stereocenters. The van der Waals surface area contributed by atoms with Crippen LogP contribution >= 0.6 is 67.8 Å². The van der Waals surface area contributed by atoms with Crippen LogP contribution in [0.15, 0.2) is 222 Å². The average Bonchev–Trinajstić information content (AvgIpc) is 0.777. The summed E-state index contributed by atoms with van der Waals surface area (Å²) in [6.07, 6.45) is 0. The molecular formula is C102H108F2I3N5O27. The van der Waals surface area contributed by atoms with E-state index in [1.54, 1.807) is 129 Å². The van der Waals surface area contributed by atoms with Gasteiger partial charge in [-0.3, -0.25) is 0 Å². The summed E-state index contributed by atoms with van der Waals surface area (Å²) in [5.74, 6) is -9.53. The number of hydrogen-bond donors (Lipinski definition) is 10. The van der Waals surface area contributed by atoms with Crippen molar-refractivity contribution >= 4 is 127 Å². The molecule has 0 bridgehead atoms. The van der Waals surface area contributed by atoms with Crippen LogP contribution in [0.2, 0.25) is 0 Å². The molecule has 32 nitrogen and oxygen atoms in total. The minimum atomic E-state index is -1.39. The molecule has 7 aromatic rings. The number of aromatic hydroxyl groups is 5. The van der Waals surface area contributed by atoms with Crippen LogP contribution in [0, 0.1) is 57.0 Å². The second-order valence-electron chi connectivity index (χ2n) is 32.1. The van der Waals surface area contributed by atoms with Crippen molar-refractivity contribution in [1.82, 2.24) is 26.6 Å². The highest BCUT2D eigenvalue weighted by Gasteiger charge is 2.45. The van der Waals surface area contributed by atoms with Crippen LogP contribution in [-0.4, -0.2) is 156 Å². The molecule has 0 atom stereocenters. The smallest absolute Gasteiger partial charge is 0.336 e. The Bertz CT molecular complexity index is 6210. The zero-order valence-corrected chi connectivity index (χ0v) is 87.4. The minimum Gasteiger partial charge on any atom is -0.508 e. The topological polar surface area (TPSA) is 443 Å². The van der Waals surface area contributed by atoms with Crippen LogP contribution in [0.3, 0.4) is 0 Å². The molecule has 0 amide bonds. The Morgan fingerprint density at radius 3 is 0.748 bits per heavy atom. The first-order chi connectivity index (χ1) is 65.5. The molecule has 0 spiro atoms. The highest BCUT2D eigenvalue weighted by atomic mass is 127. The van der Waals surface area contributed by atoms with E-state index in [0.717, 1.165) is 47.6 Å². The Labute approximate surface area is 843 Å². The molecule has 5 aliphatic heterocycles. The van der Waals surface area contributed by atoms with Gasteiger partial charge in [-0.05, 0) is 288 Å². The lowest BCUT2D eigenvalue weighted by Gasteiger charge is -2.30. The van der Waals surface area contributed by atoms with Gasteiger partial charge in [-0.15, -0.1) is 0 Å². The molecule has 7 aromatic carbocycles. The number of carbonyl (C=O) groups is 10. The fraction of sp³-hybridized carbons (Fsp3) is 0.294. The van der Waals surface area contributed by atoms with Crippen molar-refractivity contribution in [3.63, 3.8) is 0 Å². The fourth-order valence-corrected chi connectivity index (χ4v) is 19.1. The molecule has 5 aliphatic rings. The highest BCUT2D eigenvalue weighted by molar-refractivity contribution is 14.1. The molecule has 139 heavy (non-hydrogen) atoms. The van der Waals surface area contributed by atoms with Gasteiger partial charge in [0, 0.05) is 74.7 Å². The Balaban J connectivity index is 0.000000214. The van der Waals surface area contributed by atoms with E-state index in [9.17, 15) is 82.3 Å². The van der Waals surface area contributed by atoms with E-state index < -0.39 is 112 Å². The van der Waals surface area contributed by atoms with E-state index in [0.29, 0.717) is 153 Å². The summed E-state index contributed by atoms with van der Waals surface area (Å²) in [7, 11) is 12.7. The lowest BCUT2D eigenvalue weighted by atomic mass is 9.79. The van der Waals surface area contributed by atoms with Gasteiger partial charge in [0.25, 0.3) is 0 Å². The van der Waals surface area contributed by atoms with Crippen LogP contribution in [0.25, 0.3) is 0 Å². The Morgan fingerprint density at radius 1 is 0.259 bits per heavy atom. The van der Waals surface area contributed by atoms with Crippen molar-refractivity contribution in [3.05, 3.63) is 300 Å². The fourth-order valence-electron chi connectivity index (χ4n) is 16.8. The van der Waals surface area contributed by atoms with Gasteiger partial charge in [0.05, 0.1) is 167 Å². The second-order valence-corrected chi connectivity index (χ2v) is 35.6. The number of methoxy groups -OCH3 is 10. The Kier molecular flexibility index (Phi) is 38.2. The first-order valence-corrected chi connectivity index (χ1v) is 45.5. The number of allylic oxidation sites excluding steroid dienone is 10. The summed E-state index contributed by atoms with van der Waals surface area (Å²) in [6, 6.07) is 29.0. The third kappa shape index (κ3) is 24.7. The molecule has 738 valence electrons. The molecule has 0 radical (unpaired) electrons. The minimum absolute atomic E-state index is 0.128. The SMILES string of the molecule is COC(=O)C1=C(C)NC(C)=C(C(=O)OC)C1c1c(F)cc(O)cc1F.COC(=O)C1=C(C)NC(C)=C(C(=O)OC)C1c1cc(C)c(Oc2ccc(O)c(C)c2)c(C)c1.COC(=O)C1=C(C)NC(C)=C(C(=O)OC)C1c1cc(C)c(Oc2ccc(O)cc2)c(C)c1.COC(=O)C1=C(C)NC(C)=C(C(=O)OC)C1c1cc(I)c(O)c(I)c1.COC(=O)C1=C(C)NC(C)=C(C(=O)OC)C1c1ccc(O)c(I)c1. The number of ether oxygens (including phenoxy) is 12. The quantitative estimate of drug-likeness (QED) is 0.0204. The number of halogens is 5. The van der Waals surface area contributed by atoms with Crippen molar-refractivity contribution in [2.45, 2.75) is 133 Å². The molecule has 10 N–H and O–H groups in total. The number of dihydropyridines is 5. The van der Waals surface area contributed by atoms with Crippen molar-refractivity contribution in [1.29, 1.82) is 0 Å².